The molecular weight excluding hydrogens is 284 g/mol. The van der Waals surface area contributed by atoms with Gasteiger partial charge in [0.1, 0.15) is 10.7 Å². The van der Waals surface area contributed by atoms with Gasteiger partial charge in [-0.3, -0.25) is 4.79 Å². The Labute approximate surface area is 128 Å². The first kappa shape index (κ1) is 14.3. The minimum absolute atomic E-state index is 0.0976. The Morgan fingerprint density at radius 1 is 1.57 bits per heavy atom. The van der Waals surface area contributed by atoms with E-state index in [2.05, 4.69) is 29.2 Å². The number of hydrogen-bond acceptors (Lipinski definition) is 4. The number of aromatic nitrogens is 3. The van der Waals surface area contributed by atoms with Crippen LogP contribution in [-0.2, 0) is 6.42 Å². The minimum atomic E-state index is -0.0976. The van der Waals surface area contributed by atoms with Gasteiger partial charge in [-0.05, 0) is 38.5 Å². The number of thiazole rings is 1. The van der Waals surface area contributed by atoms with Gasteiger partial charge in [0.15, 0.2) is 0 Å². The average molecular weight is 304 g/mol. The topological polar surface area (TPSA) is 59.8 Å². The molecule has 2 aromatic heterocycles. The Bertz CT molecular complexity index is 629. The van der Waals surface area contributed by atoms with E-state index in [0.717, 1.165) is 23.7 Å². The minimum Gasteiger partial charge on any atom is -0.306 e. The standard InChI is InChI=1S/C15H20N4OS/c1-3-4-14-16-9-12(21-14)15(20)18-13-7-8-17-19(13)10(2)11-5-6-11/h7-11H,3-6H2,1-2H3,(H,18,20). The summed E-state index contributed by atoms with van der Waals surface area (Å²) in [4.78, 5) is 17.3. The smallest absolute Gasteiger partial charge is 0.268 e. The van der Waals surface area contributed by atoms with Gasteiger partial charge in [0.05, 0.1) is 23.4 Å². The van der Waals surface area contributed by atoms with E-state index in [9.17, 15) is 4.79 Å². The first-order chi connectivity index (χ1) is 10.2. The zero-order chi connectivity index (χ0) is 14.8. The van der Waals surface area contributed by atoms with Crippen LogP contribution in [0, 0.1) is 5.92 Å². The number of nitrogens with zero attached hydrogens (tertiary/aromatic N) is 3. The van der Waals surface area contributed by atoms with Gasteiger partial charge in [0, 0.05) is 6.07 Å². The molecule has 0 aromatic carbocycles. The average Bonchev–Trinajstić information content (AvgIpc) is 3.04. The highest BCUT2D eigenvalue weighted by molar-refractivity contribution is 7.13. The molecule has 0 aliphatic heterocycles. The van der Waals surface area contributed by atoms with Gasteiger partial charge in [0.2, 0.25) is 0 Å². The molecule has 5 nitrogen and oxygen atoms in total. The highest BCUT2D eigenvalue weighted by atomic mass is 32.1. The number of nitrogens with one attached hydrogen (secondary N) is 1. The molecule has 21 heavy (non-hydrogen) atoms. The molecule has 0 spiro atoms. The van der Waals surface area contributed by atoms with Crippen molar-refractivity contribution in [3.63, 3.8) is 0 Å². The van der Waals surface area contributed by atoms with E-state index in [1.807, 2.05) is 10.7 Å². The third kappa shape index (κ3) is 3.15. The number of aryl methyl sites for hydroxylation is 1. The lowest BCUT2D eigenvalue weighted by Crippen LogP contribution is -2.17. The molecule has 6 heteroatoms. The molecule has 1 saturated carbocycles. The zero-order valence-electron chi connectivity index (χ0n) is 12.4. The molecule has 1 unspecified atom stereocenters. The molecule has 3 rings (SSSR count). The van der Waals surface area contributed by atoms with Gasteiger partial charge in [-0.15, -0.1) is 11.3 Å². The normalized spacial score (nSPS) is 15.9. The fourth-order valence-electron chi connectivity index (χ4n) is 2.44. The largest absolute Gasteiger partial charge is 0.306 e. The maximum Gasteiger partial charge on any atom is 0.268 e. The molecule has 1 fully saturated rings. The van der Waals surface area contributed by atoms with Crippen molar-refractivity contribution in [3.8, 4) is 0 Å². The molecule has 0 saturated heterocycles. The third-order valence-corrected chi connectivity index (χ3v) is 4.90. The second-order valence-electron chi connectivity index (χ2n) is 5.56. The highest BCUT2D eigenvalue weighted by Gasteiger charge is 2.30. The third-order valence-electron chi connectivity index (χ3n) is 3.84. The first-order valence-corrected chi connectivity index (χ1v) is 8.30. The number of rotatable bonds is 6. The predicted molar refractivity (Wildman–Crippen MR) is 83.7 cm³/mol. The van der Waals surface area contributed by atoms with E-state index in [4.69, 9.17) is 0 Å². The van der Waals surface area contributed by atoms with Crippen LogP contribution in [-0.4, -0.2) is 20.7 Å². The van der Waals surface area contributed by atoms with Crippen molar-refractivity contribution < 1.29 is 4.79 Å². The van der Waals surface area contributed by atoms with Crippen LogP contribution in [0.3, 0.4) is 0 Å². The van der Waals surface area contributed by atoms with Crippen LogP contribution >= 0.6 is 11.3 Å². The maximum atomic E-state index is 12.3. The summed E-state index contributed by atoms with van der Waals surface area (Å²) in [5.74, 6) is 1.37. The van der Waals surface area contributed by atoms with Gasteiger partial charge in [0.25, 0.3) is 5.91 Å². The fraction of sp³-hybridized carbons (Fsp3) is 0.533. The van der Waals surface area contributed by atoms with E-state index < -0.39 is 0 Å². The molecular formula is C15H20N4OS. The summed E-state index contributed by atoms with van der Waals surface area (Å²) in [6, 6.07) is 2.19. The van der Waals surface area contributed by atoms with Crippen LogP contribution in [0.1, 0.15) is 53.8 Å². The van der Waals surface area contributed by atoms with Crippen LogP contribution in [0.5, 0.6) is 0 Å². The fourth-order valence-corrected chi connectivity index (χ4v) is 3.35. The molecule has 112 valence electrons. The molecule has 1 atom stereocenters. The molecule has 1 aliphatic carbocycles. The number of carbonyl (C=O) groups excluding carboxylic acids is 1. The Morgan fingerprint density at radius 3 is 3.10 bits per heavy atom. The summed E-state index contributed by atoms with van der Waals surface area (Å²) < 4.78 is 1.92. The number of amides is 1. The van der Waals surface area contributed by atoms with Crippen LogP contribution in [0.15, 0.2) is 18.5 Å². The van der Waals surface area contributed by atoms with Gasteiger partial charge in [-0.1, -0.05) is 6.92 Å². The summed E-state index contributed by atoms with van der Waals surface area (Å²) in [6.45, 7) is 4.27. The monoisotopic (exact) mass is 304 g/mol. The second-order valence-corrected chi connectivity index (χ2v) is 6.68. The van der Waals surface area contributed by atoms with Gasteiger partial charge >= 0.3 is 0 Å². The van der Waals surface area contributed by atoms with Crippen molar-refractivity contribution in [2.24, 2.45) is 5.92 Å². The van der Waals surface area contributed by atoms with Crippen LogP contribution < -0.4 is 5.32 Å². The maximum absolute atomic E-state index is 12.3. The van der Waals surface area contributed by atoms with Crippen molar-refractivity contribution in [2.45, 2.75) is 45.6 Å². The van der Waals surface area contributed by atoms with E-state index >= 15 is 0 Å². The zero-order valence-corrected chi connectivity index (χ0v) is 13.2. The Kier molecular flexibility index (Phi) is 4.05. The molecule has 0 bridgehead atoms. The number of carbonyl (C=O) groups is 1. The van der Waals surface area contributed by atoms with E-state index in [1.54, 1.807) is 12.4 Å². The van der Waals surface area contributed by atoms with Crippen LogP contribution in [0.25, 0.3) is 0 Å². The van der Waals surface area contributed by atoms with Gasteiger partial charge in [-0.25, -0.2) is 9.67 Å². The second kappa shape index (κ2) is 5.97. The van der Waals surface area contributed by atoms with Crippen LogP contribution in [0.2, 0.25) is 0 Å². The molecule has 1 amide bonds. The Balaban J connectivity index is 1.70. The molecule has 0 radical (unpaired) electrons. The Morgan fingerprint density at radius 2 is 2.38 bits per heavy atom. The van der Waals surface area contributed by atoms with Crippen molar-refractivity contribution in [2.75, 3.05) is 5.32 Å². The van der Waals surface area contributed by atoms with Crippen molar-refractivity contribution in [3.05, 3.63) is 28.3 Å². The van der Waals surface area contributed by atoms with Crippen molar-refractivity contribution in [1.29, 1.82) is 0 Å². The molecule has 1 N–H and O–H groups in total. The van der Waals surface area contributed by atoms with Crippen molar-refractivity contribution >= 4 is 23.1 Å². The lowest BCUT2D eigenvalue weighted by atomic mass is 10.2. The number of hydrogen-bond donors (Lipinski definition) is 1. The molecule has 2 heterocycles. The summed E-state index contributed by atoms with van der Waals surface area (Å²) >= 11 is 1.47. The van der Waals surface area contributed by atoms with E-state index in [0.29, 0.717) is 16.8 Å². The quantitative estimate of drug-likeness (QED) is 0.888. The summed E-state index contributed by atoms with van der Waals surface area (Å²) in [5.41, 5.74) is 0. The lowest BCUT2D eigenvalue weighted by molar-refractivity contribution is 0.102. The Hall–Kier alpha value is -1.69. The lowest BCUT2D eigenvalue weighted by Gasteiger charge is -2.14. The summed E-state index contributed by atoms with van der Waals surface area (Å²) in [7, 11) is 0. The first-order valence-electron chi connectivity index (χ1n) is 7.48. The SMILES string of the molecule is CCCc1ncc(C(=O)Nc2ccnn2C(C)C2CC2)s1. The summed E-state index contributed by atoms with van der Waals surface area (Å²) in [6.07, 6.45) is 7.88. The predicted octanol–water partition coefficient (Wildman–Crippen LogP) is 3.52. The molecule has 1 aliphatic rings. The van der Waals surface area contributed by atoms with Gasteiger partial charge in [-0.2, -0.15) is 5.10 Å². The number of anilines is 1. The van der Waals surface area contributed by atoms with Gasteiger partial charge < -0.3 is 5.32 Å². The van der Waals surface area contributed by atoms with Crippen LogP contribution in [0.4, 0.5) is 5.82 Å². The van der Waals surface area contributed by atoms with E-state index in [1.165, 1.54) is 24.2 Å². The van der Waals surface area contributed by atoms with Crippen molar-refractivity contribution in [1.82, 2.24) is 14.8 Å². The summed E-state index contributed by atoms with van der Waals surface area (Å²) in [5, 5.41) is 8.32. The molecule has 2 aromatic rings. The van der Waals surface area contributed by atoms with E-state index in [-0.39, 0.29) is 5.91 Å². The highest BCUT2D eigenvalue weighted by Crippen LogP contribution is 2.40.